The molecule has 5 heteroatoms. The van der Waals surface area contributed by atoms with E-state index >= 15 is 0 Å². The molecule has 5 nitrogen and oxygen atoms in total. The molecule has 6 fully saturated rings. The normalized spacial score (nSPS) is 41.8. The third-order valence-corrected chi connectivity index (χ3v) is 11.7. The number of morpholine rings is 1. The molecule has 1 N–H and O–H groups in total. The van der Waals surface area contributed by atoms with Crippen LogP contribution in [-0.4, -0.2) is 53.6 Å². The Bertz CT molecular complexity index is 1260. The highest BCUT2D eigenvalue weighted by Crippen LogP contribution is 2.73. The second kappa shape index (κ2) is 8.10. The minimum Gasteiger partial charge on any atom is -0.448 e. The van der Waals surface area contributed by atoms with Crippen LogP contribution in [0.15, 0.2) is 48.5 Å². The molecule has 2 aromatic rings. The maximum atomic E-state index is 13.7. The lowest BCUT2D eigenvalue weighted by Gasteiger charge is -2.70. The number of hydrogen-bond acceptors (Lipinski definition) is 4. The molecule has 2 aromatic carbocycles. The Labute approximate surface area is 231 Å². The SMILES string of the molecule is CC12CC3CC(C)(C1)CC(C1(O)CC4COCC(C1)N4C(=O)OCC1c4ccccc4-c4ccccc41)(C3)C2. The summed E-state index contributed by atoms with van der Waals surface area (Å²) < 4.78 is 12.1. The van der Waals surface area contributed by atoms with Crippen LogP contribution in [0.2, 0.25) is 0 Å². The van der Waals surface area contributed by atoms with Gasteiger partial charge in [0.2, 0.25) is 0 Å². The standard InChI is InChI=1S/C34H41NO4/c1-31-11-22-12-32(2,19-31)21-33(13-22,20-31)34(37)14-23-16-38-17-24(15-34)35(23)30(36)39-18-29-27-9-5-3-7-25(27)26-8-4-6-10-28(26)29/h3-10,22-24,29,37H,11-21H2,1-2H3. The van der Waals surface area contributed by atoms with E-state index in [4.69, 9.17) is 9.47 Å². The molecule has 4 saturated carbocycles. The van der Waals surface area contributed by atoms with Crippen molar-refractivity contribution in [2.45, 2.75) is 88.8 Å². The number of amides is 1. The van der Waals surface area contributed by atoms with Crippen molar-refractivity contribution in [2.24, 2.45) is 22.2 Å². The Morgan fingerprint density at radius 1 is 0.872 bits per heavy atom. The highest BCUT2D eigenvalue weighted by molar-refractivity contribution is 5.79. The first-order chi connectivity index (χ1) is 18.7. The van der Waals surface area contributed by atoms with Crippen LogP contribution in [0.4, 0.5) is 4.79 Å². The molecular formula is C34H41NO4. The van der Waals surface area contributed by atoms with E-state index in [0.29, 0.717) is 43.5 Å². The van der Waals surface area contributed by atoms with Crippen molar-refractivity contribution in [1.82, 2.24) is 4.90 Å². The predicted molar refractivity (Wildman–Crippen MR) is 149 cm³/mol. The first-order valence-electron chi connectivity index (χ1n) is 15.1. The van der Waals surface area contributed by atoms with Gasteiger partial charge in [-0.3, -0.25) is 4.90 Å². The molecule has 2 heterocycles. The molecule has 0 radical (unpaired) electrons. The third-order valence-electron chi connectivity index (χ3n) is 11.7. The Kier molecular flexibility index (Phi) is 5.07. The molecule has 0 spiro atoms. The lowest BCUT2D eigenvalue weighted by Crippen LogP contribution is -2.71. The maximum absolute atomic E-state index is 13.7. The fraction of sp³-hybridized carbons (Fsp3) is 0.618. The number of aliphatic hydroxyl groups is 1. The first-order valence-corrected chi connectivity index (χ1v) is 15.1. The Morgan fingerprint density at radius 2 is 1.44 bits per heavy atom. The predicted octanol–water partition coefficient (Wildman–Crippen LogP) is 6.53. The number of carbonyl (C=O) groups excluding carboxylic acids is 1. The fourth-order valence-corrected chi connectivity index (χ4v) is 11.3. The molecule has 7 aliphatic rings. The number of fused-ring (bicyclic) bond motifs is 5. The Morgan fingerprint density at radius 3 is 2.00 bits per heavy atom. The van der Waals surface area contributed by atoms with E-state index < -0.39 is 5.60 Å². The highest BCUT2D eigenvalue weighted by atomic mass is 16.6. The maximum Gasteiger partial charge on any atom is 0.410 e. The van der Waals surface area contributed by atoms with Gasteiger partial charge < -0.3 is 14.6 Å². The first kappa shape index (κ1) is 24.4. The van der Waals surface area contributed by atoms with Gasteiger partial charge in [-0.15, -0.1) is 0 Å². The van der Waals surface area contributed by atoms with Crippen molar-refractivity contribution in [3.05, 3.63) is 59.7 Å². The lowest BCUT2D eigenvalue weighted by atomic mass is 9.36. The van der Waals surface area contributed by atoms with Crippen molar-refractivity contribution in [3.8, 4) is 11.1 Å². The number of carbonyl (C=O) groups is 1. The minimum absolute atomic E-state index is 0.0307. The summed E-state index contributed by atoms with van der Waals surface area (Å²) in [4.78, 5) is 15.7. The zero-order valence-electron chi connectivity index (χ0n) is 23.3. The smallest absolute Gasteiger partial charge is 0.410 e. The van der Waals surface area contributed by atoms with E-state index in [9.17, 15) is 9.90 Å². The van der Waals surface area contributed by atoms with Crippen molar-refractivity contribution in [2.75, 3.05) is 19.8 Å². The zero-order chi connectivity index (χ0) is 26.6. The van der Waals surface area contributed by atoms with Gasteiger partial charge in [-0.05, 0) is 90.4 Å². The number of benzene rings is 2. The molecule has 9 rings (SSSR count). The molecule has 6 bridgehead atoms. The molecular weight excluding hydrogens is 486 g/mol. The molecule has 206 valence electrons. The van der Waals surface area contributed by atoms with Gasteiger partial charge >= 0.3 is 6.09 Å². The summed E-state index contributed by atoms with van der Waals surface area (Å²) in [5.41, 5.74) is 4.85. The van der Waals surface area contributed by atoms with Gasteiger partial charge in [0.25, 0.3) is 0 Å². The highest BCUT2D eigenvalue weighted by Gasteiger charge is 2.68. The fourth-order valence-electron chi connectivity index (χ4n) is 11.3. The monoisotopic (exact) mass is 527 g/mol. The van der Waals surface area contributed by atoms with Crippen molar-refractivity contribution in [1.29, 1.82) is 0 Å². The van der Waals surface area contributed by atoms with E-state index in [2.05, 4.69) is 62.4 Å². The quantitative estimate of drug-likeness (QED) is 0.493. The third kappa shape index (κ3) is 3.54. The van der Waals surface area contributed by atoms with Crippen LogP contribution in [0.1, 0.15) is 82.3 Å². The van der Waals surface area contributed by atoms with Crippen LogP contribution in [0.25, 0.3) is 11.1 Å². The molecule has 0 aromatic heterocycles. The molecule has 4 unspecified atom stereocenters. The van der Waals surface area contributed by atoms with Crippen LogP contribution < -0.4 is 0 Å². The van der Waals surface area contributed by atoms with Crippen LogP contribution in [0.5, 0.6) is 0 Å². The largest absolute Gasteiger partial charge is 0.448 e. The van der Waals surface area contributed by atoms with Crippen molar-refractivity contribution < 1.29 is 19.4 Å². The average molecular weight is 528 g/mol. The summed E-state index contributed by atoms with van der Waals surface area (Å²) in [6, 6.07) is 16.7. The summed E-state index contributed by atoms with van der Waals surface area (Å²) in [6.45, 7) is 6.25. The molecule has 2 aliphatic heterocycles. The number of nitrogens with zero attached hydrogens (tertiary/aromatic N) is 1. The van der Waals surface area contributed by atoms with Gasteiger partial charge in [0.15, 0.2) is 0 Å². The van der Waals surface area contributed by atoms with E-state index in [1.165, 1.54) is 41.5 Å². The second-order valence-corrected chi connectivity index (χ2v) is 14.9. The number of rotatable bonds is 3. The molecule has 4 atom stereocenters. The lowest BCUT2D eigenvalue weighted by molar-refractivity contribution is -0.255. The van der Waals surface area contributed by atoms with Gasteiger partial charge in [-0.1, -0.05) is 62.4 Å². The number of ether oxygens (including phenoxy) is 2. The second-order valence-electron chi connectivity index (χ2n) is 14.9. The topological polar surface area (TPSA) is 59.0 Å². The van der Waals surface area contributed by atoms with Crippen molar-refractivity contribution >= 4 is 6.09 Å². The Hall–Kier alpha value is -2.37. The van der Waals surface area contributed by atoms with Crippen LogP contribution in [0.3, 0.4) is 0 Å². The van der Waals surface area contributed by atoms with E-state index in [1.807, 2.05) is 4.90 Å². The van der Waals surface area contributed by atoms with Gasteiger partial charge in [0.1, 0.15) is 6.61 Å². The molecule has 39 heavy (non-hydrogen) atoms. The zero-order valence-corrected chi connectivity index (χ0v) is 23.3. The minimum atomic E-state index is -0.742. The van der Waals surface area contributed by atoms with Crippen LogP contribution in [-0.2, 0) is 9.47 Å². The Balaban J connectivity index is 1.03. The summed E-state index contributed by atoms with van der Waals surface area (Å²) >= 11 is 0. The van der Waals surface area contributed by atoms with Gasteiger partial charge in [0, 0.05) is 11.3 Å². The summed E-state index contributed by atoms with van der Waals surface area (Å²) in [6.07, 6.45) is 8.32. The molecule has 5 aliphatic carbocycles. The average Bonchev–Trinajstić information content (AvgIpc) is 3.18. The van der Waals surface area contributed by atoms with Gasteiger partial charge in [-0.25, -0.2) is 4.79 Å². The summed E-state index contributed by atoms with van der Waals surface area (Å²) in [5.74, 6) is 0.782. The summed E-state index contributed by atoms with van der Waals surface area (Å²) in [7, 11) is 0. The van der Waals surface area contributed by atoms with Gasteiger partial charge in [-0.2, -0.15) is 0 Å². The van der Waals surface area contributed by atoms with E-state index in [1.54, 1.807) is 0 Å². The van der Waals surface area contributed by atoms with Crippen LogP contribution in [0, 0.1) is 22.2 Å². The number of hydrogen-bond donors (Lipinski definition) is 1. The van der Waals surface area contributed by atoms with Crippen LogP contribution >= 0.6 is 0 Å². The van der Waals surface area contributed by atoms with E-state index in [-0.39, 0.29) is 29.5 Å². The molecule has 2 saturated heterocycles. The summed E-state index contributed by atoms with van der Waals surface area (Å²) in [5, 5.41) is 12.6. The van der Waals surface area contributed by atoms with Gasteiger partial charge in [0.05, 0.1) is 30.9 Å². The van der Waals surface area contributed by atoms with Crippen molar-refractivity contribution in [3.63, 3.8) is 0 Å². The van der Waals surface area contributed by atoms with E-state index in [0.717, 1.165) is 25.2 Å². The molecule has 1 amide bonds. The number of piperidine rings is 1.